The van der Waals surface area contributed by atoms with Crippen LogP contribution in [-0.2, 0) is 0 Å². The maximum Gasteiger partial charge on any atom is 0.159 e. The molecule has 2 rings (SSSR count). The number of nitrogens with one attached hydrogen (secondary N) is 1. The Balaban J connectivity index is 2.49. The van der Waals surface area contributed by atoms with Gasteiger partial charge in [-0.3, -0.25) is 5.84 Å². The van der Waals surface area contributed by atoms with E-state index in [1.807, 2.05) is 0 Å². The normalized spacial score (nSPS) is 12.2. The van der Waals surface area contributed by atoms with E-state index in [9.17, 15) is 8.78 Å². The van der Waals surface area contributed by atoms with Gasteiger partial charge in [-0.05, 0) is 29.8 Å². The first-order valence-corrected chi connectivity index (χ1v) is 6.19. The topological polar surface area (TPSA) is 47.3 Å². The summed E-state index contributed by atoms with van der Waals surface area (Å²) in [5.74, 6) is 4.19. The summed E-state index contributed by atoms with van der Waals surface area (Å²) in [6.45, 7) is 0. The molecule has 0 radical (unpaired) electrons. The lowest BCUT2D eigenvalue weighted by Crippen LogP contribution is -2.29. The average molecular weight is 299 g/mol. The van der Waals surface area contributed by atoms with E-state index >= 15 is 0 Å². The van der Waals surface area contributed by atoms with Gasteiger partial charge in [0.1, 0.15) is 5.75 Å². The summed E-state index contributed by atoms with van der Waals surface area (Å²) in [4.78, 5) is 0. The molecule has 0 aliphatic carbocycles. The van der Waals surface area contributed by atoms with E-state index in [0.717, 1.165) is 12.1 Å². The number of hydrogen-bond donors (Lipinski definition) is 2. The number of benzene rings is 2. The Kier molecular flexibility index (Phi) is 4.54. The van der Waals surface area contributed by atoms with Crippen LogP contribution in [0, 0.1) is 11.6 Å². The molecule has 2 aromatic rings. The van der Waals surface area contributed by atoms with Crippen LogP contribution in [0.15, 0.2) is 36.4 Å². The Morgan fingerprint density at radius 2 is 1.90 bits per heavy atom. The fraction of sp³-hybridized carbons (Fsp3) is 0.143. The van der Waals surface area contributed by atoms with E-state index in [1.165, 1.54) is 13.2 Å². The van der Waals surface area contributed by atoms with Crippen LogP contribution < -0.4 is 16.0 Å². The van der Waals surface area contributed by atoms with Crippen LogP contribution in [0.1, 0.15) is 17.2 Å². The maximum atomic E-state index is 13.3. The smallest absolute Gasteiger partial charge is 0.159 e. The van der Waals surface area contributed by atoms with Gasteiger partial charge in [-0.2, -0.15) is 0 Å². The summed E-state index contributed by atoms with van der Waals surface area (Å²) >= 11 is 5.89. The molecule has 20 heavy (non-hydrogen) atoms. The minimum atomic E-state index is -0.935. The van der Waals surface area contributed by atoms with E-state index in [4.69, 9.17) is 22.2 Å². The first-order chi connectivity index (χ1) is 9.56. The van der Waals surface area contributed by atoms with Crippen LogP contribution in [0.25, 0.3) is 0 Å². The van der Waals surface area contributed by atoms with Crippen molar-refractivity contribution in [1.82, 2.24) is 5.43 Å². The Bertz CT molecular complexity index is 622. The molecule has 1 atom stereocenters. The van der Waals surface area contributed by atoms with E-state index < -0.39 is 17.7 Å². The molecule has 3 N–H and O–H groups in total. The Morgan fingerprint density at radius 3 is 2.50 bits per heavy atom. The fourth-order valence-corrected chi connectivity index (χ4v) is 2.14. The molecule has 2 aromatic carbocycles. The highest BCUT2D eigenvalue weighted by Crippen LogP contribution is 2.32. The third kappa shape index (κ3) is 2.90. The third-order valence-electron chi connectivity index (χ3n) is 2.95. The highest BCUT2D eigenvalue weighted by molar-refractivity contribution is 6.30. The number of nitrogens with two attached hydrogens (primary N) is 1. The summed E-state index contributed by atoms with van der Waals surface area (Å²) < 4.78 is 31.6. The van der Waals surface area contributed by atoms with Crippen LogP contribution in [0.2, 0.25) is 5.02 Å². The van der Waals surface area contributed by atoms with Gasteiger partial charge in [0.25, 0.3) is 0 Å². The highest BCUT2D eigenvalue weighted by atomic mass is 35.5. The molecule has 106 valence electrons. The first-order valence-electron chi connectivity index (χ1n) is 5.81. The predicted molar refractivity (Wildman–Crippen MR) is 73.5 cm³/mol. The standard InChI is InChI=1S/C14H13ClF2N2O/c1-20-13-7-9(15)3-4-10(13)14(19-18)8-2-5-11(16)12(17)6-8/h2-7,14,19H,18H2,1H3. The van der Waals surface area contributed by atoms with Gasteiger partial charge in [-0.1, -0.05) is 23.7 Å². The zero-order valence-electron chi connectivity index (χ0n) is 10.7. The van der Waals surface area contributed by atoms with Gasteiger partial charge in [0.05, 0.1) is 13.2 Å². The van der Waals surface area contributed by atoms with Gasteiger partial charge in [0.2, 0.25) is 0 Å². The van der Waals surface area contributed by atoms with Crippen molar-refractivity contribution in [1.29, 1.82) is 0 Å². The number of hydrogen-bond acceptors (Lipinski definition) is 3. The number of rotatable bonds is 4. The first kappa shape index (κ1) is 14.7. The molecule has 0 spiro atoms. The summed E-state index contributed by atoms with van der Waals surface area (Å²) in [7, 11) is 1.49. The molecule has 1 unspecified atom stereocenters. The number of ether oxygens (including phenoxy) is 1. The molecular weight excluding hydrogens is 286 g/mol. The molecule has 3 nitrogen and oxygen atoms in total. The van der Waals surface area contributed by atoms with Crippen LogP contribution in [0.5, 0.6) is 5.75 Å². The zero-order chi connectivity index (χ0) is 14.7. The lowest BCUT2D eigenvalue weighted by Gasteiger charge is -2.20. The zero-order valence-corrected chi connectivity index (χ0v) is 11.4. The Morgan fingerprint density at radius 1 is 1.15 bits per heavy atom. The van der Waals surface area contributed by atoms with E-state index in [2.05, 4.69) is 5.43 Å². The second-order valence-electron chi connectivity index (χ2n) is 4.16. The number of hydrazine groups is 1. The summed E-state index contributed by atoms with van der Waals surface area (Å²) in [6.07, 6.45) is 0. The van der Waals surface area contributed by atoms with Crippen LogP contribution >= 0.6 is 11.6 Å². The molecule has 0 bridgehead atoms. The van der Waals surface area contributed by atoms with Gasteiger partial charge < -0.3 is 4.74 Å². The summed E-state index contributed by atoms with van der Waals surface area (Å²) in [6, 6.07) is 8.07. The van der Waals surface area contributed by atoms with Crippen LogP contribution in [-0.4, -0.2) is 7.11 Å². The summed E-state index contributed by atoms with van der Waals surface area (Å²) in [5.41, 5.74) is 3.71. The molecule has 0 aliphatic rings. The van der Waals surface area contributed by atoms with Crippen molar-refractivity contribution in [2.75, 3.05) is 7.11 Å². The minimum absolute atomic E-state index is 0.479. The highest BCUT2D eigenvalue weighted by Gasteiger charge is 2.18. The van der Waals surface area contributed by atoms with Crippen molar-refractivity contribution >= 4 is 11.6 Å². The second-order valence-corrected chi connectivity index (χ2v) is 4.60. The monoisotopic (exact) mass is 298 g/mol. The molecule has 0 aromatic heterocycles. The lowest BCUT2D eigenvalue weighted by molar-refractivity contribution is 0.404. The van der Waals surface area contributed by atoms with Crippen molar-refractivity contribution in [3.63, 3.8) is 0 Å². The Labute approximate surface area is 120 Å². The molecule has 0 saturated heterocycles. The number of methoxy groups -OCH3 is 1. The third-order valence-corrected chi connectivity index (χ3v) is 3.19. The van der Waals surface area contributed by atoms with Gasteiger partial charge in [-0.15, -0.1) is 0 Å². The van der Waals surface area contributed by atoms with Crippen molar-refractivity contribution in [2.45, 2.75) is 6.04 Å². The predicted octanol–water partition coefficient (Wildman–Crippen LogP) is 3.18. The quantitative estimate of drug-likeness (QED) is 0.673. The van der Waals surface area contributed by atoms with Crippen molar-refractivity contribution in [3.8, 4) is 5.75 Å². The van der Waals surface area contributed by atoms with E-state index in [1.54, 1.807) is 18.2 Å². The molecule has 0 saturated carbocycles. The summed E-state index contributed by atoms with van der Waals surface area (Å²) in [5, 5.41) is 0.506. The Hall–Kier alpha value is -1.69. The fourth-order valence-electron chi connectivity index (χ4n) is 1.98. The minimum Gasteiger partial charge on any atom is -0.496 e. The number of halogens is 3. The van der Waals surface area contributed by atoms with Gasteiger partial charge in [-0.25, -0.2) is 14.2 Å². The van der Waals surface area contributed by atoms with Crippen LogP contribution in [0.3, 0.4) is 0 Å². The molecule has 0 heterocycles. The van der Waals surface area contributed by atoms with Gasteiger partial charge in [0.15, 0.2) is 11.6 Å². The molecule has 6 heteroatoms. The maximum absolute atomic E-state index is 13.3. The molecule has 0 amide bonds. The molecular formula is C14H13ClF2N2O. The SMILES string of the molecule is COc1cc(Cl)ccc1C(NN)c1ccc(F)c(F)c1. The van der Waals surface area contributed by atoms with E-state index in [0.29, 0.717) is 21.9 Å². The van der Waals surface area contributed by atoms with Crippen LogP contribution in [0.4, 0.5) is 8.78 Å². The van der Waals surface area contributed by atoms with Gasteiger partial charge >= 0.3 is 0 Å². The molecule has 0 aliphatic heterocycles. The van der Waals surface area contributed by atoms with E-state index in [-0.39, 0.29) is 0 Å². The van der Waals surface area contributed by atoms with Crippen molar-refractivity contribution < 1.29 is 13.5 Å². The second kappa shape index (κ2) is 6.17. The van der Waals surface area contributed by atoms with Crippen molar-refractivity contribution in [3.05, 3.63) is 64.2 Å². The van der Waals surface area contributed by atoms with Crippen molar-refractivity contribution in [2.24, 2.45) is 5.84 Å². The van der Waals surface area contributed by atoms with Gasteiger partial charge in [0, 0.05) is 10.6 Å². The lowest BCUT2D eigenvalue weighted by atomic mass is 9.98. The average Bonchev–Trinajstić information content (AvgIpc) is 2.44. The molecule has 0 fully saturated rings. The largest absolute Gasteiger partial charge is 0.496 e.